The maximum atomic E-state index is 12.7. The van der Waals surface area contributed by atoms with Crippen molar-refractivity contribution in [2.24, 2.45) is 0 Å². The van der Waals surface area contributed by atoms with Crippen molar-refractivity contribution >= 4 is 11.7 Å². The highest BCUT2D eigenvalue weighted by molar-refractivity contribution is 6.01. The maximum absolute atomic E-state index is 12.7. The number of nitrogens with zero attached hydrogens (tertiary/aromatic N) is 3. The van der Waals surface area contributed by atoms with Crippen molar-refractivity contribution in [1.82, 2.24) is 20.2 Å². The molecule has 0 saturated carbocycles. The Kier molecular flexibility index (Phi) is 7.06. The molecule has 0 aliphatic rings. The van der Waals surface area contributed by atoms with Crippen LogP contribution in [0, 0.1) is 6.92 Å². The molecule has 0 atom stereocenters. The molecule has 0 fully saturated rings. The van der Waals surface area contributed by atoms with Crippen molar-refractivity contribution in [3.8, 4) is 16.9 Å². The van der Waals surface area contributed by atoms with E-state index in [4.69, 9.17) is 9.47 Å². The van der Waals surface area contributed by atoms with Crippen LogP contribution in [0.2, 0.25) is 0 Å². The molecule has 0 spiro atoms. The third-order valence-electron chi connectivity index (χ3n) is 5.03. The molecule has 0 unspecified atom stereocenters. The second kappa shape index (κ2) is 10.5. The lowest BCUT2D eigenvalue weighted by Crippen LogP contribution is -2.15. The number of aromatic nitrogens is 4. The predicted octanol–water partition coefficient (Wildman–Crippen LogP) is 4.04. The maximum Gasteiger partial charge on any atom is 0.294 e. The van der Waals surface area contributed by atoms with Crippen molar-refractivity contribution in [3.05, 3.63) is 89.6 Å². The molecular formula is C25H25N5O3. The van der Waals surface area contributed by atoms with Crippen LogP contribution in [0.1, 0.15) is 27.6 Å². The largest absolute Gasteiger partial charge is 0.491 e. The number of methoxy groups -OCH3 is 1. The summed E-state index contributed by atoms with van der Waals surface area (Å²) in [4.78, 5) is 20.0. The van der Waals surface area contributed by atoms with E-state index >= 15 is 0 Å². The minimum atomic E-state index is -0.409. The molecule has 2 heterocycles. The lowest BCUT2D eigenvalue weighted by atomic mass is 10.0. The van der Waals surface area contributed by atoms with Gasteiger partial charge in [0, 0.05) is 25.3 Å². The fourth-order valence-corrected chi connectivity index (χ4v) is 3.46. The van der Waals surface area contributed by atoms with Crippen LogP contribution in [0.5, 0.6) is 5.75 Å². The molecule has 2 N–H and O–H groups in total. The summed E-state index contributed by atoms with van der Waals surface area (Å²) >= 11 is 0. The Morgan fingerprint density at radius 2 is 1.88 bits per heavy atom. The van der Waals surface area contributed by atoms with Gasteiger partial charge < -0.3 is 19.8 Å². The Hall–Kier alpha value is -4.04. The van der Waals surface area contributed by atoms with E-state index in [-0.39, 0.29) is 5.82 Å². The van der Waals surface area contributed by atoms with Gasteiger partial charge in [-0.05, 0) is 41.8 Å². The van der Waals surface area contributed by atoms with Gasteiger partial charge in [0.25, 0.3) is 5.91 Å². The van der Waals surface area contributed by atoms with E-state index < -0.39 is 5.91 Å². The molecule has 0 bridgehead atoms. The lowest BCUT2D eigenvalue weighted by molar-refractivity contribution is 0.101. The highest BCUT2D eigenvalue weighted by Gasteiger charge is 2.15. The van der Waals surface area contributed by atoms with Gasteiger partial charge in [0.15, 0.2) is 0 Å². The van der Waals surface area contributed by atoms with Crippen LogP contribution < -0.4 is 10.1 Å². The first kappa shape index (κ1) is 22.2. The summed E-state index contributed by atoms with van der Waals surface area (Å²) in [6, 6.07) is 19.4. The Balaban J connectivity index is 1.50. The Morgan fingerprint density at radius 1 is 1.03 bits per heavy atom. The van der Waals surface area contributed by atoms with Crippen LogP contribution in [0.4, 0.5) is 5.82 Å². The first-order valence-electron chi connectivity index (χ1n) is 10.6. The molecule has 1 amide bonds. The number of carbonyl (C=O) groups is 1. The predicted molar refractivity (Wildman–Crippen MR) is 125 cm³/mol. The number of nitrogens with one attached hydrogen (secondary N) is 2. The molecule has 168 valence electrons. The third kappa shape index (κ3) is 5.61. The monoisotopic (exact) mass is 443 g/mol. The van der Waals surface area contributed by atoms with Gasteiger partial charge in [-0.2, -0.15) is 0 Å². The van der Waals surface area contributed by atoms with Crippen LogP contribution in [-0.2, 0) is 11.2 Å². The molecular weight excluding hydrogens is 418 g/mol. The van der Waals surface area contributed by atoms with E-state index in [0.29, 0.717) is 31.3 Å². The standard InChI is InChI=1S/C25H25N5O3/c1-17-7-6-10-20(33-14-13-32-2)23(17)19-11-12-26-21(16-19)28-25(31)24-27-22(29-30-24)15-18-8-4-3-5-9-18/h3-12,16H,13-15H2,1-2H3,(H,26,28,31)(H,27,29,30). The number of anilines is 1. The number of aryl methyl sites for hydroxylation is 1. The van der Waals surface area contributed by atoms with Crippen LogP contribution in [0.25, 0.3) is 11.1 Å². The fraction of sp³-hybridized carbons (Fsp3) is 0.200. The lowest BCUT2D eigenvalue weighted by Gasteiger charge is -2.14. The van der Waals surface area contributed by atoms with Crippen LogP contribution in [0.15, 0.2) is 66.9 Å². The van der Waals surface area contributed by atoms with Crippen LogP contribution in [-0.4, -0.2) is 46.4 Å². The summed E-state index contributed by atoms with van der Waals surface area (Å²) in [5, 5.41) is 10.9. The first-order valence-corrected chi connectivity index (χ1v) is 10.6. The van der Waals surface area contributed by atoms with Crippen molar-refractivity contribution in [2.75, 3.05) is 25.6 Å². The molecule has 4 rings (SSSR count). The van der Waals surface area contributed by atoms with E-state index in [0.717, 1.165) is 28.0 Å². The number of H-pyrrole nitrogens is 1. The zero-order chi connectivity index (χ0) is 23.0. The Labute approximate surface area is 192 Å². The SMILES string of the molecule is COCCOc1cccc(C)c1-c1ccnc(NC(=O)c2nnc(Cc3ccccc3)[nH]2)c1. The highest BCUT2D eigenvalue weighted by Crippen LogP contribution is 2.34. The van der Waals surface area contributed by atoms with E-state index in [1.165, 1.54) is 0 Å². The molecule has 0 saturated heterocycles. The number of ether oxygens (including phenoxy) is 2. The topological polar surface area (TPSA) is 102 Å². The Bertz CT molecular complexity index is 1220. The fourth-order valence-electron chi connectivity index (χ4n) is 3.46. The van der Waals surface area contributed by atoms with Gasteiger partial charge in [-0.15, -0.1) is 10.2 Å². The van der Waals surface area contributed by atoms with Crippen LogP contribution in [0.3, 0.4) is 0 Å². The second-order valence-electron chi connectivity index (χ2n) is 7.46. The van der Waals surface area contributed by atoms with Gasteiger partial charge in [0.1, 0.15) is 24.0 Å². The van der Waals surface area contributed by atoms with Crippen molar-refractivity contribution in [2.45, 2.75) is 13.3 Å². The minimum absolute atomic E-state index is 0.132. The summed E-state index contributed by atoms with van der Waals surface area (Å²) in [6.07, 6.45) is 2.21. The quantitative estimate of drug-likeness (QED) is 0.379. The minimum Gasteiger partial charge on any atom is -0.491 e. The zero-order valence-electron chi connectivity index (χ0n) is 18.5. The van der Waals surface area contributed by atoms with Gasteiger partial charge in [-0.1, -0.05) is 42.5 Å². The molecule has 4 aromatic rings. The van der Waals surface area contributed by atoms with E-state index in [9.17, 15) is 4.79 Å². The summed E-state index contributed by atoms with van der Waals surface area (Å²) < 4.78 is 11.0. The summed E-state index contributed by atoms with van der Waals surface area (Å²) in [5.74, 6) is 1.49. The number of hydrogen-bond donors (Lipinski definition) is 2. The number of pyridine rings is 1. The number of amides is 1. The molecule has 0 aliphatic carbocycles. The molecule has 2 aromatic carbocycles. The number of benzene rings is 2. The van der Waals surface area contributed by atoms with E-state index in [1.54, 1.807) is 13.3 Å². The summed E-state index contributed by atoms with van der Waals surface area (Å²) in [6.45, 7) is 2.95. The van der Waals surface area contributed by atoms with Crippen LogP contribution >= 0.6 is 0 Å². The molecule has 33 heavy (non-hydrogen) atoms. The average Bonchev–Trinajstić information content (AvgIpc) is 3.29. The van der Waals surface area contributed by atoms with Gasteiger partial charge in [-0.3, -0.25) is 4.79 Å². The van der Waals surface area contributed by atoms with Gasteiger partial charge in [0.05, 0.1) is 6.61 Å². The molecule has 0 aliphatic heterocycles. The molecule has 8 heteroatoms. The Morgan fingerprint density at radius 3 is 2.70 bits per heavy atom. The van der Waals surface area contributed by atoms with E-state index in [1.807, 2.05) is 67.6 Å². The second-order valence-corrected chi connectivity index (χ2v) is 7.46. The normalized spacial score (nSPS) is 10.7. The zero-order valence-corrected chi connectivity index (χ0v) is 18.5. The van der Waals surface area contributed by atoms with E-state index in [2.05, 4.69) is 25.5 Å². The number of hydrogen-bond acceptors (Lipinski definition) is 6. The smallest absolute Gasteiger partial charge is 0.294 e. The molecule has 8 nitrogen and oxygen atoms in total. The van der Waals surface area contributed by atoms with Crippen molar-refractivity contribution < 1.29 is 14.3 Å². The number of rotatable bonds is 9. The first-order chi connectivity index (χ1) is 16.1. The van der Waals surface area contributed by atoms with Gasteiger partial charge in [0.2, 0.25) is 5.82 Å². The van der Waals surface area contributed by atoms with Gasteiger partial charge in [-0.25, -0.2) is 4.98 Å². The summed E-state index contributed by atoms with van der Waals surface area (Å²) in [7, 11) is 1.64. The highest BCUT2D eigenvalue weighted by atomic mass is 16.5. The molecule has 0 radical (unpaired) electrons. The van der Waals surface area contributed by atoms with Gasteiger partial charge >= 0.3 is 0 Å². The molecule has 2 aromatic heterocycles. The summed E-state index contributed by atoms with van der Waals surface area (Å²) in [5.41, 5.74) is 3.95. The van der Waals surface area contributed by atoms with Crippen molar-refractivity contribution in [1.29, 1.82) is 0 Å². The number of carbonyl (C=O) groups excluding carboxylic acids is 1. The number of aromatic amines is 1. The average molecular weight is 444 g/mol. The third-order valence-corrected chi connectivity index (χ3v) is 5.03. The van der Waals surface area contributed by atoms with Crippen molar-refractivity contribution in [3.63, 3.8) is 0 Å².